The van der Waals surface area contributed by atoms with Crippen molar-refractivity contribution in [2.75, 3.05) is 0 Å². The first-order valence-electron chi connectivity index (χ1n) is 9.34. The van der Waals surface area contributed by atoms with E-state index in [9.17, 15) is 0 Å². The van der Waals surface area contributed by atoms with E-state index in [0.717, 1.165) is 0 Å². The van der Waals surface area contributed by atoms with Crippen molar-refractivity contribution < 1.29 is 0 Å². The Kier molecular flexibility index (Phi) is 15.0. The number of halogens is 1. The van der Waals surface area contributed by atoms with Gasteiger partial charge in [0.15, 0.2) is 0 Å². The Labute approximate surface area is 148 Å². The molecule has 0 N–H and O–H groups in total. The van der Waals surface area contributed by atoms with Gasteiger partial charge in [0, 0.05) is 0 Å². The van der Waals surface area contributed by atoms with Gasteiger partial charge in [-0.3, -0.25) is 0 Å². The van der Waals surface area contributed by atoms with Gasteiger partial charge in [-0.15, -0.1) is 0 Å². The molecule has 0 fully saturated rings. The molecule has 128 valence electrons. The zero-order valence-electron chi connectivity index (χ0n) is 15.3. The summed E-state index contributed by atoms with van der Waals surface area (Å²) >= 11 is -4.34. The van der Waals surface area contributed by atoms with Crippen molar-refractivity contribution in [3.8, 4) is 0 Å². The predicted molar refractivity (Wildman–Crippen MR) is 110 cm³/mol. The first-order chi connectivity index (χ1) is 9.95. The van der Waals surface area contributed by atoms with Crippen LogP contribution in [-0.2, 0) is 0 Å². The molecule has 0 bridgehead atoms. The summed E-state index contributed by atoms with van der Waals surface area (Å²) in [4.78, 5) is 2.73. The zero-order chi connectivity index (χ0) is 16.2. The predicted octanol–water partition coefficient (Wildman–Crippen LogP) is 8.18. The van der Waals surface area contributed by atoms with Crippen LogP contribution in [0.25, 0.3) is 0 Å². The third kappa shape index (κ3) is 11.4. The first-order valence-corrected chi connectivity index (χ1v) is 31.7. The van der Waals surface area contributed by atoms with Crippen molar-refractivity contribution >= 4 is 47.9 Å². The molecule has 0 aromatic carbocycles. The van der Waals surface area contributed by atoms with Crippen LogP contribution in [0.15, 0.2) is 0 Å². The van der Waals surface area contributed by atoms with Crippen LogP contribution in [0.4, 0.5) is 0 Å². The second-order valence-corrected chi connectivity index (χ2v) is 57.8. The summed E-state index contributed by atoms with van der Waals surface area (Å²) in [5.74, 6) is 0. The number of rotatable bonds is 14. The van der Waals surface area contributed by atoms with E-state index < -0.39 is 32.9 Å². The molecule has 0 amide bonds. The van der Waals surface area contributed by atoms with Gasteiger partial charge in [0.25, 0.3) is 0 Å². The molecule has 0 spiro atoms. The van der Waals surface area contributed by atoms with Crippen LogP contribution in [0.1, 0.15) is 79.1 Å². The molecule has 21 heavy (non-hydrogen) atoms. The van der Waals surface area contributed by atoms with E-state index in [0.29, 0.717) is 0 Å². The average molecular weight is 548 g/mol. The normalized spacial score (nSPS) is 12.9. The van der Waals surface area contributed by atoms with E-state index in [-0.39, 0.29) is 0 Å². The van der Waals surface area contributed by atoms with Crippen LogP contribution in [0, 0.1) is 0 Å². The molecular formula is C17H39ClSSn2. The van der Waals surface area contributed by atoms with Crippen molar-refractivity contribution in [1.82, 2.24) is 0 Å². The molecule has 0 aliphatic rings. The van der Waals surface area contributed by atoms with Crippen LogP contribution in [-0.4, -0.2) is 32.9 Å². The van der Waals surface area contributed by atoms with Gasteiger partial charge < -0.3 is 0 Å². The van der Waals surface area contributed by atoms with Crippen molar-refractivity contribution in [3.05, 3.63) is 0 Å². The van der Waals surface area contributed by atoms with Gasteiger partial charge in [-0.1, -0.05) is 0 Å². The van der Waals surface area contributed by atoms with Gasteiger partial charge >= 0.3 is 150 Å². The Bertz CT molecular complexity index is 209. The molecule has 0 aliphatic carbocycles. The van der Waals surface area contributed by atoms with E-state index in [1.165, 1.54) is 60.2 Å². The van der Waals surface area contributed by atoms with E-state index >= 15 is 0 Å². The zero-order valence-corrected chi connectivity index (χ0v) is 22.6. The summed E-state index contributed by atoms with van der Waals surface area (Å²) in [7, 11) is 7.36. The molecule has 0 saturated heterocycles. The van der Waals surface area contributed by atoms with Gasteiger partial charge in [-0.05, 0) is 0 Å². The van der Waals surface area contributed by atoms with Gasteiger partial charge in [0.05, 0.1) is 0 Å². The molecule has 0 nitrogen and oxygen atoms in total. The number of unbranched alkanes of at least 4 members (excludes halogenated alkanes) is 4. The maximum atomic E-state index is 7.36. The Balaban J connectivity index is 4.80. The van der Waals surface area contributed by atoms with Crippen LogP contribution in [0.5, 0.6) is 0 Å². The Morgan fingerprint density at radius 1 is 0.667 bits per heavy atom. The second-order valence-electron chi connectivity index (χ2n) is 6.85. The Morgan fingerprint density at radius 3 is 1.33 bits per heavy atom. The van der Waals surface area contributed by atoms with Crippen molar-refractivity contribution in [1.29, 1.82) is 0 Å². The molecule has 0 unspecified atom stereocenters. The second kappa shape index (κ2) is 13.5. The van der Waals surface area contributed by atoms with Gasteiger partial charge in [0.2, 0.25) is 0 Å². The van der Waals surface area contributed by atoms with E-state index in [2.05, 4.69) is 38.8 Å². The maximum absolute atomic E-state index is 7.36. The fourth-order valence-electron chi connectivity index (χ4n) is 2.88. The molecule has 0 radical (unpaired) electrons. The van der Waals surface area contributed by atoms with Crippen molar-refractivity contribution in [2.45, 2.75) is 102 Å². The van der Waals surface area contributed by atoms with Gasteiger partial charge in [-0.25, -0.2) is 0 Å². The summed E-state index contributed by atoms with van der Waals surface area (Å²) in [5, 5.41) is 0. The molecule has 4 heteroatoms. The summed E-state index contributed by atoms with van der Waals surface area (Å²) in [6.45, 7) is 9.35. The van der Waals surface area contributed by atoms with Crippen LogP contribution < -0.4 is 0 Å². The molecule has 0 aliphatic heterocycles. The molecule has 0 aromatic heterocycles. The van der Waals surface area contributed by atoms with E-state index in [4.69, 9.17) is 8.92 Å². The Hall–Kier alpha value is 2.24. The van der Waals surface area contributed by atoms with Gasteiger partial charge in [0.1, 0.15) is 0 Å². The summed E-state index contributed by atoms with van der Waals surface area (Å²) in [6.07, 6.45) is 13.6. The van der Waals surface area contributed by atoms with Crippen molar-refractivity contribution in [3.63, 3.8) is 0 Å². The summed E-state index contributed by atoms with van der Waals surface area (Å²) in [6, 6.07) is 0. The Morgan fingerprint density at radius 2 is 1.00 bits per heavy atom. The third-order valence-electron chi connectivity index (χ3n) is 4.35. The molecule has 0 heterocycles. The van der Waals surface area contributed by atoms with Crippen LogP contribution in [0.2, 0.25) is 22.7 Å². The monoisotopic (exact) mass is 550 g/mol. The average Bonchev–Trinajstić information content (AvgIpc) is 2.47. The first kappa shape index (κ1) is 23.2. The molecule has 0 atom stereocenters. The van der Waals surface area contributed by atoms with Crippen LogP contribution >= 0.6 is 15.1 Å². The van der Waals surface area contributed by atoms with E-state index in [1.54, 1.807) is 8.87 Å². The fourth-order valence-corrected chi connectivity index (χ4v) is 133. The third-order valence-corrected chi connectivity index (χ3v) is 94.6. The molecule has 0 aromatic rings. The molecular weight excluding hydrogens is 509 g/mol. The van der Waals surface area contributed by atoms with Gasteiger partial charge in [-0.2, -0.15) is 0 Å². The minimum atomic E-state index is -2.37. The van der Waals surface area contributed by atoms with Crippen molar-refractivity contribution in [2.24, 2.45) is 0 Å². The standard InChI is InChI=1S/4C4H9.CH3.ClH.S.2Sn/c4*1-3-4-2;;;;;/h4*1,3-4H2,2H3;1H3;1H;;;/q;;;;;;;;+1/p-1. The SMILES string of the molecule is CCC[CH2][Sn]([CH3])([CH2]CCC)[S][Sn]([Cl])([CH2]CCC)[CH2]CCC. The fraction of sp³-hybridized carbons (Fsp3) is 1.00. The quantitative estimate of drug-likeness (QED) is 0.197. The summed E-state index contributed by atoms with van der Waals surface area (Å²) in [5.41, 5.74) is 0. The summed E-state index contributed by atoms with van der Waals surface area (Å²) < 4.78 is 6.03. The van der Waals surface area contributed by atoms with Crippen LogP contribution in [0.3, 0.4) is 0 Å². The number of hydrogen-bond donors (Lipinski definition) is 0. The number of hydrogen-bond acceptors (Lipinski definition) is 1. The molecule has 0 rings (SSSR count). The topological polar surface area (TPSA) is 0 Å². The molecule has 0 saturated carbocycles. The minimum absolute atomic E-state index is 1.33. The van der Waals surface area contributed by atoms with E-state index in [1.807, 2.05) is 0 Å².